The van der Waals surface area contributed by atoms with Crippen LogP contribution >= 0.6 is 31.9 Å². The largest absolute Gasteiger partial charge is 0.493 e. The summed E-state index contributed by atoms with van der Waals surface area (Å²) < 4.78 is 12.3. The van der Waals surface area contributed by atoms with E-state index in [1.807, 2.05) is 18.2 Å². The van der Waals surface area contributed by atoms with Crippen LogP contribution in [0.2, 0.25) is 0 Å². The van der Waals surface area contributed by atoms with Crippen LogP contribution in [0.1, 0.15) is 25.7 Å². The number of para-hydroxylation sites is 1. The van der Waals surface area contributed by atoms with Gasteiger partial charge < -0.3 is 9.47 Å². The maximum Gasteiger partial charge on any atom is 0.175 e. The molecule has 0 aliphatic heterocycles. The lowest BCUT2D eigenvalue weighted by atomic mass is 9.90. The van der Waals surface area contributed by atoms with E-state index in [9.17, 15) is 0 Å². The first-order valence-electron chi connectivity index (χ1n) is 6.22. The van der Waals surface area contributed by atoms with Crippen LogP contribution in [0.5, 0.6) is 11.5 Å². The standard InChI is InChI=1S/C14H18Br2O2/c1-17-12-6-4-5-11(16)13(12)18-10-14(9-15)7-2-3-8-14/h4-6H,2-3,7-10H2,1H3. The third kappa shape index (κ3) is 3.02. The van der Waals surface area contributed by atoms with Crippen LogP contribution in [-0.2, 0) is 0 Å². The Kier molecular flexibility index (Phi) is 4.96. The molecule has 1 aromatic rings. The van der Waals surface area contributed by atoms with Crippen molar-refractivity contribution >= 4 is 31.9 Å². The molecule has 1 saturated carbocycles. The Morgan fingerprint density at radius 3 is 2.61 bits per heavy atom. The summed E-state index contributed by atoms with van der Waals surface area (Å²) in [6.45, 7) is 0.747. The number of rotatable bonds is 5. The van der Waals surface area contributed by atoms with Gasteiger partial charge in [0.2, 0.25) is 0 Å². The van der Waals surface area contributed by atoms with Gasteiger partial charge in [-0.2, -0.15) is 0 Å². The van der Waals surface area contributed by atoms with Crippen molar-refractivity contribution in [2.24, 2.45) is 5.41 Å². The van der Waals surface area contributed by atoms with Crippen LogP contribution in [0, 0.1) is 5.41 Å². The van der Waals surface area contributed by atoms with Gasteiger partial charge in [-0.15, -0.1) is 0 Å². The van der Waals surface area contributed by atoms with Crippen molar-refractivity contribution in [2.45, 2.75) is 25.7 Å². The van der Waals surface area contributed by atoms with E-state index in [0.717, 1.165) is 27.9 Å². The minimum atomic E-state index is 0.292. The van der Waals surface area contributed by atoms with Crippen LogP contribution in [0.25, 0.3) is 0 Å². The summed E-state index contributed by atoms with van der Waals surface area (Å²) >= 11 is 7.16. The van der Waals surface area contributed by atoms with E-state index >= 15 is 0 Å². The van der Waals surface area contributed by atoms with Crippen LogP contribution in [0.3, 0.4) is 0 Å². The highest BCUT2D eigenvalue weighted by Gasteiger charge is 2.34. The Hall–Kier alpha value is -0.220. The van der Waals surface area contributed by atoms with E-state index in [1.54, 1.807) is 7.11 Å². The van der Waals surface area contributed by atoms with Crippen molar-refractivity contribution in [3.05, 3.63) is 22.7 Å². The fraction of sp³-hybridized carbons (Fsp3) is 0.571. The zero-order valence-corrected chi connectivity index (χ0v) is 13.7. The lowest BCUT2D eigenvalue weighted by Gasteiger charge is -2.27. The smallest absolute Gasteiger partial charge is 0.175 e. The number of hydrogen-bond acceptors (Lipinski definition) is 2. The molecule has 0 spiro atoms. The van der Waals surface area contributed by atoms with Crippen LogP contribution in [0.4, 0.5) is 0 Å². The summed E-state index contributed by atoms with van der Waals surface area (Å²) in [5.74, 6) is 1.60. The Labute approximate surface area is 125 Å². The minimum absolute atomic E-state index is 0.292. The Morgan fingerprint density at radius 1 is 1.28 bits per heavy atom. The Balaban J connectivity index is 2.10. The highest BCUT2D eigenvalue weighted by atomic mass is 79.9. The monoisotopic (exact) mass is 376 g/mol. The van der Waals surface area contributed by atoms with Gasteiger partial charge in [0.15, 0.2) is 11.5 Å². The zero-order valence-electron chi connectivity index (χ0n) is 10.5. The van der Waals surface area contributed by atoms with E-state index in [-0.39, 0.29) is 0 Å². The fourth-order valence-electron chi connectivity index (χ4n) is 2.46. The number of hydrogen-bond donors (Lipinski definition) is 0. The molecule has 2 rings (SSSR count). The first kappa shape index (κ1) is 14.2. The van der Waals surface area contributed by atoms with Gasteiger partial charge in [0.25, 0.3) is 0 Å². The molecule has 0 radical (unpaired) electrons. The molecule has 2 nitrogen and oxygen atoms in total. The molecule has 0 bridgehead atoms. The predicted molar refractivity (Wildman–Crippen MR) is 80.9 cm³/mol. The van der Waals surface area contributed by atoms with Crippen LogP contribution < -0.4 is 9.47 Å². The molecule has 0 atom stereocenters. The number of ether oxygens (including phenoxy) is 2. The maximum atomic E-state index is 6.04. The molecule has 0 heterocycles. The van der Waals surface area contributed by atoms with E-state index in [0.29, 0.717) is 5.41 Å². The molecule has 0 saturated heterocycles. The van der Waals surface area contributed by atoms with Gasteiger partial charge in [-0.05, 0) is 40.9 Å². The van der Waals surface area contributed by atoms with E-state index < -0.39 is 0 Å². The number of benzene rings is 1. The van der Waals surface area contributed by atoms with Gasteiger partial charge in [-0.25, -0.2) is 0 Å². The summed E-state index contributed by atoms with van der Waals surface area (Å²) in [4.78, 5) is 0. The number of alkyl halides is 1. The van der Waals surface area contributed by atoms with Gasteiger partial charge in [0.05, 0.1) is 18.2 Å². The highest BCUT2D eigenvalue weighted by Crippen LogP contribution is 2.42. The zero-order chi connectivity index (χ0) is 13.0. The summed E-state index contributed by atoms with van der Waals surface area (Å²) in [6, 6.07) is 5.86. The van der Waals surface area contributed by atoms with Gasteiger partial charge in [0.1, 0.15) is 0 Å². The summed E-state index contributed by atoms with van der Waals surface area (Å²) in [5.41, 5.74) is 0.292. The number of halogens is 2. The summed E-state index contributed by atoms with van der Waals surface area (Å²) in [6.07, 6.45) is 5.10. The first-order chi connectivity index (χ1) is 8.71. The van der Waals surface area contributed by atoms with Crippen molar-refractivity contribution in [1.82, 2.24) is 0 Å². The second-order valence-electron chi connectivity index (χ2n) is 4.90. The highest BCUT2D eigenvalue weighted by molar-refractivity contribution is 9.10. The first-order valence-corrected chi connectivity index (χ1v) is 8.13. The van der Waals surface area contributed by atoms with Crippen molar-refractivity contribution < 1.29 is 9.47 Å². The van der Waals surface area contributed by atoms with Crippen molar-refractivity contribution in [2.75, 3.05) is 19.0 Å². The van der Waals surface area contributed by atoms with Gasteiger partial charge in [-0.1, -0.05) is 34.8 Å². The topological polar surface area (TPSA) is 18.5 Å². The molecule has 1 aromatic carbocycles. The molecule has 0 N–H and O–H groups in total. The average Bonchev–Trinajstić information content (AvgIpc) is 2.86. The predicted octanol–water partition coefficient (Wildman–Crippen LogP) is 4.79. The minimum Gasteiger partial charge on any atom is -0.493 e. The van der Waals surface area contributed by atoms with Crippen LogP contribution in [0.15, 0.2) is 22.7 Å². The number of methoxy groups -OCH3 is 1. The van der Waals surface area contributed by atoms with E-state index in [1.165, 1.54) is 25.7 Å². The van der Waals surface area contributed by atoms with Crippen LogP contribution in [-0.4, -0.2) is 19.0 Å². The lowest BCUT2D eigenvalue weighted by Crippen LogP contribution is -2.27. The molecule has 0 amide bonds. The molecule has 4 heteroatoms. The molecule has 1 fully saturated rings. The molecule has 18 heavy (non-hydrogen) atoms. The van der Waals surface area contributed by atoms with Crippen molar-refractivity contribution in [1.29, 1.82) is 0 Å². The second-order valence-corrected chi connectivity index (χ2v) is 6.32. The Bertz CT molecular complexity index is 401. The SMILES string of the molecule is COc1cccc(Br)c1OCC1(CBr)CCCC1. The lowest BCUT2D eigenvalue weighted by molar-refractivity contribution is 0.168. The second kappa shape index (κ2) is 6.29. The summed E-state index contributed by atoms with van der Waals surface area (Å²) in [7, 11) is 1.67. The molecular formula is C14H18Br2O2. The van der Waals surface area contributed by atoms with E-state index in [4.69, 9.17) is 9.47 Å². The normalized spacial score (nSPS) is 17.7. The third-order valence-corrected chi connectivity index (χ3v) is 5.44. The molecule has 0 aromatic heterocycles. The quantitative estimate of drug-likeness (QED) is 0.686. The third-order valence-electron chi connectivity index (χ3n) is 3.62. The molecule has 0 unspecified atom stereocenters. The molecular weight excluding hydrogens is 360 g/mol. The average molecular weight is 378 g/mol. The van der Waals surface area contributed by atoms with Crippen molar-refractivity contribution in [3.63, 3.8) is 0 Å². The fourth-order valence-corrected chi connectivity index (χ4v) is 3.64. The Morgan fingerprint density at radius 2 is 2.00 bits per heavy atom. The maximum absolute atomic E-state index is 6.04. The molecule has 1 aliphatic rings. The van der Waals surface area contributed by atoms with Crippen molar-refractivity contribution in [3.8, 4) is 11.5 Å². The van der Waals surface area contributed by atoms with E-state index in [2.05, 4.69) is 31.9 Å². The van der Waals surface area contributed by atoms with Gasteiger partial charge in [0, 0.05) is 10.7 Å². The summed E-state index contributed by atoms with van der Waals surface area (Å²) in [5, 5.41) is 1.01. The molecule has 1 aliphatic carbocycles. The van der Waals surface area contributed by atoms with Gasteiger partial charge in [-0.3, -0.25) is 0 Å². The van der Waals surface area contributed by atoms with Gasteiger partial charge >= 0.3 is 0 Å². The molecule has 100 valence electrons.